The van der Waals surface area contributed by atoms with E-state index in [-0.39, 0.29) is 5.41 Å². The van der Waals surface area contributed by atoms with Crippen LogP contribution in [0.5, 0.6) is 0 Å². The summed E-state index contributed by atoms with van der Waals surface area (Å²) < 4.78 is 5.31. The average Bonchev–Trinajstić information content (AvgIpc) is 2.06. The Labute approximate surface area is 74.5 Å². The maximum absolute atomic E-state index is 8.74. The maximum atomic E-state index is 8.74. The van der Waals surface area contributed by atoms with Crippen molar-refractivity contribution in [1.82, 2.24) is 0 Å². The number of ether oxygens (including phenoxy) is 1. The molecule has 2 nitrogen and oxygen atoms in total. The van der Waals surface area contributed by atoms with Crippen molar-refractivity contribution in [2.45, 2.75) is 33.1 Å². The van der Waals surface area contributed by atoms with E-state index >= 15 is 0 Å². The van der Waals surface area contributed by atoms with Crippen LogP contribution in [-0.2, 0) is 4.74 Å². The van der Waals surface area contributed by atoms with Crippen LogP contribution in [0.4, 0.5) is 0 Å². The van der Waals surface area contributed by atoms with Crippen molar-refractivity contribution >= 4 is 0 Å². The highest BCUT2D eigenvalue weighted by Gasteiger charge is 2.35. The molecule has 1 rings (SSSR count). The largest absolute Gasteiger partial charge is 0.381 e. The van der Waals surface area contributed by atoms with E-state index in [2.05, 4.69) is 19.9 Å². The quantitative estimate of drug-likeness (QED) is 0.632. The van der Waals surface area contributed by atoms with Crippen molar-refractivity contribution in [2.75, 3.05) is 13.2 Å². The molecule has 0 spiro atoms. The van der Waals surface area contributed by atoms with Crippen LogP contribution >= 0.6 is 0 Å². The smallest absolute Gasteiger partial charge is 0.0627 e. The van der Waals surface area contributed by atoms with Crippen molar-refractivity contribution in [3.63, 3.8) is 0 Å². The summed E-state index contributed by atoms with van der Waals surface area (Å²) >= 11 is 0. The topological polar surface area (TPSA) is 33.0 Å². The Hall–Kier alpha value is -0.550. The summed E-state index contributed by atoms with van der Waals surface area (Å²) in [5.41, 5.74) is 0.243. The molecule has 2 heteroatoms. The summed E-state index contributed by atoms with van der Waals surface area (Å²) in [5.74, 6) is 0.598. The van der Waals surface area contributed by atoms with Gasteiger partial charge in [-0.1, -0.05) is 13.8 Å². The van der Waals surface area contributed by atoms with Gasteiger partial charge in [-0.25, -0.2) is 0 Å². The van der Waals surface area contributed by atoms with Crippen LogP contribution in [0.3, 0.4) is 0 Å². The molecular weight excluding hydrogens is 150 g/mol. The SMILES string of the molecule is CC(C)C1(CC#N)CCOCC1. The van der Waals surface area contributed by atoms with Crippen LogP contribution in [0.25, 0.3) is 0 Å². The van der Waals surface area contributed by atoms with Gasteiger partial charge in [0.05, 0.1) is 6.07 Å². The van der Waals surface area contributed by atoms with E-state index < -0.39 is 0 Å². The van der Waals surface area contributed by atoms with Gasteiger partial charge in [-0.2, -0.15) is 5.26 Å². The van der Waals surface area contributed by atoms with Gasteiger partial charge in [0, 0.05) is 19.6 Å². The normalized spacial score (nSPS) is 22.2. The lowest BCUT2D eigenvalue weighted by Crippen LogP contribution is -2.34. The standard InChI is InChI=1S/C10H17NO/c1-9(2)10(3-6-11)4-7-12-8-5-10/h9H,3-5,7-8H2,1-2H3. The molecule has 12 heavy (non-hydrogen) atoms. The Morgan fingerprint density at radius 1 is 1.42 bits per heavy atom. The van der Waals surface area contributed by atoms with Crippen molar-refractivity contribution in [1.29, 1.82) is 5.26 Å². The zero-order valence-corrected chi connectivity index (χ0v) is 7.97. The second kappa shape index (κ2) is 3.91. The predicted molar refractivity (Wildman–Crippen MR) is 47.6 cm³/mol. The minimum absolute atomic E-state index is 0.243. The molecule has 0 aromatic rings. The van der Waals surface area contributed by atoms with Crippen molar-refractivity contribution in [3.8, 4) is 6.07 Å². The highest BCUT2D eigenvalue weighted by molar-refractivity contribution is 4.92. The van der Waals surface area contributed by atoms with Crippen molar-refractivity contribution in [2.24, 2.45) is 11.3 Å². The maximum Gasteiger partial charge on any atom is 0.0627 e. The van der Waals surface area contributed by atoms with Gasteiger partial charge in [-0.15, -0.1) is 0 Å². The van der Waals surface area contributed by atoms with Crippen LogP contribution in [0.1, 0.15) is 33.1 Å². The molecule has 0 amide bonds. The predicted octanol–water partition coefficient (Wildman–Crippen LogP) is 2.35. The molecule has 1 aliphatic heterocycles. The minimum Gasteiger partial charge on any atom is -0.381 e. The van der Waals surface area contributed by atoms with E-state index in [1.54, 1.807) is 0 Å². The van der Waals surface area contributed by atoms with E-state index in [1.165, 1.54) is 0 Å². The Balaban J connectivity index is 2.64. The summed E-state index contributed by atoms with van der Waals surface area (Å²) in [6.45, 7) is 6.09. The molecule has 68 valence electrons. The second-order valence-corrected chi connectivity index (χ2v) is 3.96. The van der Waals surface area contributed by atoms with Gasteiger partial charge >= 0.3 is 0 Å². The number of rotatable bonds is 2. The molecule has 0 unspecified atom stereocenters. The third-order valence-corrected chi connectivity index (χ3v) is 3.14. The Morgan fingerprint density at radius 3 is 2.42 bits per heavy atom. The lowest BCUT2D eigenvalue weighted by Gasteiger charge is -2.38. The van der Waals surface area contributed by atoms with Crippen molar-refractivity contribution in [3.05, 3.63) is 0 Å². The molecule has 0 aliphatic carbocycles. The first-order valence-electron chi connectivity index (χ1n) is 4.66. The average molecular weight is 167 g/mol. The molecule has 1 fully saturated rings. The first kappa shape index (κ1) is 9.54. The number of hydrogen-bond acceptors (Lipinski definition) is 2. The van der Waals surface area contributed by atoms with Gasteiger partial charge in [-0.3, -0.25) is 0 Å². The first-order valence-corrected chi connectivity index (χ1v) is 4.66. The van der Waals surface area contributed by atoms with Crippen LogP contribution in [-0.4, -0.2) is 13.2 Å². The van der Waals surface area contributed by atoms with E-state index in [1.807, 2.05) is 0 Å². The molecule has 1 heterocycles. The summed E-state index contributed by atoms with van der Waals surface area (Å²) in [6, 6.07) is 2.30. The minimum atomic E-state index is 0.243. The van der Waals surface area contributed by atoms with E-state index in [0.29, 0.717) is 12.3 Å². The third-order valence-electron chi connectivity index (χ3n) is 3.14. The summed E-state index contributed by atoms with van der Waals surface area (Å²) in [7, 11) is 0. The zero-order valence-electron chi connectivity index (χ0n) is 7.97. The molecule has 0 aromatic carbocycles. The van der Waals surface area contributed by atoms with Gasteiger partial charge in [0.25, 0.3) is 0 Å². The number of hydrogen-bond donors (Lipinski definition) is 0. The fourth-order valence-electron chi connectivity index (χ4n) is 1.89. The summed E-state index contributed by atoms with van der Waals surface area (Å²) in [6.07, 6.45) is 2.80. The molecule has 0 aromatic heterocycles. The highest BCUT2D eigenvalue weighted by Crippen LogP contribution is 2.40. The molecular formula is C10H17NO. The van der Waals surface area contributed by atoms with Crippen LogP contribution in [0, 0.1) is 22.7 Å². The van der Waals surface area contributed by atoms with E-state index in [4.69, 9.17) is 10.00 Å². The molecule has 0 radical (unpaired) electrons. The van der Waals surface area contributed by atoms with Gasteiger partial charge in [-0.05, 0) is 24.2 Å². The van der Waals surface area contributed by atoms with Crippen LogP contribution < -0.4 is 0 Å². The lowest BCUT2D eigenvalue weighted by atomic mass is 9.69. The molecule has 1 aliphatic rings. The lowest BCUT2D eigenvalue weighted by molar-refractivity contribution is -0.00771. The second-order valence-electron chi connectivity index (χ2n) is 3.96. The summed E-state index contributed by atoms with van der Waals surface area (Å²) in [4.78, 5) is 0. The van der Waals surface area contributed by atoms with E-state index in [0.717, 1.165) is 26.1 Å². The number of nitriles is 1. The molecule has 0 atom stereocenters. The van der Waals surface area contributed by atoms with Gasteiger partial charge < -0.3 is 4.74 Å². The van der Waals surface area contributed by atoms with E-state index in [9.17, 15) is 0 Å². The fraction of sp³-hybridized carbons (Fsp3) is 0.900. The Bertz CT molecular complexity index is 175. The molecule has 0 bridgehead atoms. The van der Waals surface area contributed by atoms with Crippen LogP contribution in [0.2, 0.25) is 0 Å². The Morgan fingerprint density at radius 2 is 2.00 bits per heavy atom. The summed E-state index contributed by atoms with van der Waals surface area (Å²) in [5, 5.41) is 8.74. The van der Waals surface area contributed by atoms with Gasteiger partial charge in [0.15, 0.2) is 0 Å². The molecule has 0 saturated carbocycles. The highest BCUT2D eigenvalue weighted by atomic mass is 16.5. The third kappa shape index (κ3) is 1.78. The Kier molecular flexibility index (Phi) is 3.11. The van der Waals surface area contributed by atoms with Gasteiger partial charge in [0.1, 0.15) is 0 Å². The van der Waals surface area contributed by atoms with Crippen LogP contribution in [0.15, 0.2) is 0 Å². The molecule has 1 saturated heterocycles. The first-order chi connectivity index (χ1) is 5.71. The van der Waals surface area contributed by atoms with Gasteiger partial charge in [0.2, 0.25) is 0 Å². The fourth-order valence-corrected chi connectivity index (χ4v) is 1.89. The zero-order chi connectivity index (χ0) is 9.03. The van der Waals surface area contributed by atoms with Crippen molar-refractivity contribution < 1.29 is 4.74 Å². The number of nitrogens with zero attached hydrogens (tertiary/aromatic N) is 1. The molecule has 0 N–H and O–H groups in total. The monoisotopic (exact) mass is 167 g/mol.